The van der Waals surface area contributed by atoms with Crippen LogP contribution in [0.2, 0.25) is 0 Å². The zero-order chi connectivity index (χ0) is 14.3. The fourth-order valence-electron chi connectivity index (χ4n) is 2.37. The molecule has 0 saturated carbocycles. The van der Waals surface area contributed by atoms with E-state index in [2.05, 4.69) is 24.1 Å². The third-order valence-electron chi connectivity index (χ3n) is 3.34. The Morgan fingerprint density at radius 2 is 2.05 bits per heavy atom. The van der Waals surface area contributed by atoms with E-state index in [0.717, 1.165) is 48.6 Å². The second-order valence-electron chi connectivity index (χ2n) is 4.79. The van der Waals surface area contributed by atoms with Crippen molar-refractivity contribution in [3.63, 3.8) is 0 Å². The highest BCUT2D eigenvalue weighted by Gasteiger charge is 2.12. The van der Waals surface area contributed by atoms with Gasteiger partial charge in [0.15, 0.2) is 0 Å². The molecule has 1 rings (SSSR count). The van der Waals surface area contributed by atoms with Crippen LogP contribution in [0, 0.1) is 13.8 Å². The molecule has 0 aliphatic rings. The number of aromatic nitrogens is 1. The maximum atomic E-state index is 5.44. The van der Waals surface area contributed by atoms with Crippen LogP contribution in [-0.2, 0) is 11.2 Å². The zero-order valence-corrected chi connectivity index (χ0v) is 12.7. The number of hydrogen-bond acceptors (Lipinski definition) is 4. The molecule has 0 aliphatic heterocycles. The second-order valence-corrected chi connectivity index (χ2v) is 4.79. The van der Waals surface area contributed by atoms with Crippen LogP contribution < -0.4 is 10.1 Å². The number of nitrogens with zero attached hydrogens (tertiary/aromatic N) is 1. The number of nitrogens with one attached hydrogen (secondary N) is 1. The summed E-state index contributed by atoms with van der Waals surface area (Å²) in [4.78, 5) is 4.53. The van der Waals surface area contributed by atoms with E-state index in [1.165, 1.54) is 0 Å². The molecule has 0 saturated heterocycles. The van der Waals surface area contributed by atoms with Gasteiger partial charge in [-0.05, 0) is 33.2 Å². The molecular formula is C15H26N2O2. The van der Waals surface area contributed by atoms with Gasteiger partial charge in [0.1, 0.15) is 5.75 Å². The first kappa shape index (κ1) is 15.9. The number of hydrogen-bond donors (Lipinski definition) is 1. The fourth-order valence-corrected chi connectivity index (χ4v) is 2.37. The Balaban J connectivity index is 2.71. The lowest BCUT2D eigenvalue weighted by atomic mass is 10.0. The van der Waals surface area contributed by atoms with Gasteiger partial charge < -0.3 is 14.8 Å². The summed E-state index contributed by atoms with van der Waals surface area (Å²) < 4.78 is 10.7. The number of methoxy groups -OCH3 is 2. The van der Waals surface area contributed by atoms with Crippen molar-refractivity contribution in [2.24, 2.45) is 0 Å². The van der Waals surface area contributed by atoms with E-state index in [-0.39, 0.29) is 0 Å². The normalized spacial score (nSPS) is 12.5. The van der Waals surface area contributed by atoms with Crippen molar-refractivity contribution in [3.05, 3.63) is 23.0 Å². The molecule has 1 atom stereocenters. The largest absolute Gasteiger partial charge is 0.496 e. The molecule has 4 heteroatoms. The van der Waals surface area contributed by atoms with Gasteiger partial charge in [0.05, 0.1) is 13.7 Å². The molecule has 0 fully saturated rings. The van der Waals surface area contributed by atoms with Gasteiger partial charge in [-0.15, -0.1) is 0 Å². The van der Waals surface area contributed by atoms with E-state index in [1.54, 1.807) is 14.2 Å². The Hall–Kier alpha value is -1.13. The molecule has 0 amide bonds. The molecule has 1 unspecified atom stereocenters. The minimum absolute atomic E-state index is 0.378. The third-order valence-corrected chi connectivity index (χ3v) is 3.34. The smallest absolute Gasteiger partial charge is 0.128 e. The highest BCUT2D eigenvalue weighted by Crippen LogP contribution is 2.24. The lowest BCUT2D eigenvalue weighted by Gasteiger charge is -2.18. The van der Waals surface area contributed by atoms with E-state index >= 15 is 0 Å². The Morgan fingerprint density at radius 1 is 1.32 bits per heavy atom. The zero-order valence-electron chi connectivity index (χ0n) is 12.7. The highest BCUT2D eigenvalue weighted by molar-refractivity contribution is 5.41. The van der Waals surface area contributed by atoms with E-state index < -0.39 is 0 Å². The second kappa shape index (κ2) is 8.12. The molecule has 1 heterocycles. The average Bonchev–Trinajstić information content (AvgIpc) is 2.39. The van der Waals surface area contributed by atoms with Gasteiger partial charge in [-0.2, -0.15) is 0 Å². The predicted molar refractivity (Wildman–Crippen MR) is 77.9 cm³/mol. The molecule has 0 radical (unpaired) electrons. The van der Waals surface area contributed by atoms with Crippen LogP contribution >= 0.6 is 0 Å². The van der Waals surface area contributed by atoms with Gasteiger partial charge in [-0.25, -0.2) is 0 Å². The number of ether oxygens (including phenoxy) is 2. The number of pyridine rings is 1. The quantitative estimate of drug-likeness (QED) is 0.784. The molecule has 1 aromatic rings. The van der Waals surface area contributed by atoms with E-state index in [9.17, 15) is 0 Å². The highest BCUT2D eigenvalue weighted by atomic mass is 16.5. The molecule has 0 bridgehead atoms. The van der Waals surface area contributed by atoms with Crippen LogP contribution in [0.1, 0.15) is 30.2 Å². The SMILES string of the molecule is CCNC(CCc1ncc(C)c(OC)c1C)COC. The summed E-state index contributed by atoms with van der Waals surface area (Å²) in [5.74, 6) is 0.955. The molecule has 1 N–H and O–H groups in total. The van der Waals surface area contributed by atoms with Crippen molar-refractivity contribution < 1.29 is 9.47 Å². The van der Waals surface area contributed by atoms with Crippen LogP contribution in [0.15, 0.2) is 6.20 Å². The Bertz CT molecular complexity index is 388. The molecule has 0 aliphatic carbocycles. The van der Waals surface area contributed by atoms with Crippen molar-refractivity contribution in [1.29, 1.82) is 0 Å². The van der Waals surface area contributed by atoms with Gasteiger partial charge in [0.25, 0.3) is 0 Å². The van der Waals surface area contributed by atoms with Crippen LogP contribution in [-0.4, -0.2) is 38.4 Å². The first-order valence-electron chi connectivity index (χ1n) is 6.85. The van der Waals surface area contributed by atoms with Crippen LogP contribution in [0.5, 0.6) is 5.75 Å². The van der Waals surface area contributed by atoms with Gasteiger partial charge in [-0.1, -0.05) is 6.92 Å². The molecular weight excluding hydrogens is 240 g/mol. The first-order valence-corrected chi connectivity index (χ1v) is 6.85. The lowest BCUT2D eigenvalue weighted by Crippen LogP contribution is -2.33. The summed E-state index contributed by atoms with van der Waals surface area (Å²) in [5, 5.41) is 3.43. The van der Waals surface area contributed by atoms with E-state index in [4.69, 9.17) is 9.47 Å². The van der Waals surface area contributed by atoms with Gasteiger partial charge in [0, 0.05) is 36.2 Å². The molecule has 108 valence electrons. The maximum Gasteiger partial charge on any atom is 0.128 e. The van der Waals surface area contributed by atoms with Crippen LogP contribution in [0.25, 0.3) is 0 Å². The maximum absolute atomic E-state index is 5.44. The predicted octanol–water partition coefficient (Wildman–Crippen LogP) is 2.26. The summed E-state index contributed by atoms with van der Waals surface area (Å²) in [5.41, 5.74) is 3.35. The molecule has 19 heavy (non-hydrogen) atoms. The monoisotopic (exact) mass is 266 g/mol. The fraction of sp³-hybridized carbons (Fsp3) is 0.667. The Labute approximate surface area is 116 Å². The van der Waals surface area contributed by atoms with Gasteiger partial charge in [0.2, 0.25) is 0 Å². The minimum Gasteiger partial charge on any atom is -0.496 e. The molecule has 1 aromatic heterocycles. The number of aryl methyl sites for hydroxylation is 2. The summed E-state index contributed by atoms with van der Waals surface area (Å²) in [6, 6.07) is 0.378. The Morgan fingerprint density at radius 3 is 2.63 bits per heavy atom. The van der Waals surface area contributed by atoms with Crippen LogP contribution in [0.4, 0.5) is 0 Å². The van der Waals surface area contributed by atoms with Crippen molar-refractivity contribution in [2.45, 2.75) is 39.7 Å². The van der Waals surface area contributed by atoms with Crippen molar-refractivity contribution in [1.82, 2.24) is 10.3 Å². The summed E-state index contributed by atoms with van der Waals surface area (Å²) in [6.07, 6.45) is 3.84. The molecule has 4 nitrogen and oxygen atoms in total. The molecule has 0 aromatic carbocycles. The minimum atomic E-state index is 0.378. The van der Waals surface area contributed by atoms with Gasteiger partial charge >= 0.3 is 0 Å². The van der Waals surface area contributed by atoms with Crippen molar-refractivity contribution >= 4 is 0 Å². The molecule has 0 spiro atoms. The summed E-state index contributed by atoms with van der Waals surface area (Å²) in [6.45, 7) is 7.90. The number of likely N-dealkylation sites (N-methyl/N-ethyl adjacent to an activating group) is 1. The van der Waals surface area contributed by atoms with Crippen LogP contribution in [0.3, 0.4) is 0 Å². The topological polar surface area (TPSA) is 43.4 Å². The van der Waals surface area contributed by atoms with Gasteiger partial charge in [-0.3, -0.25) is 4.98 Å². The first-order chi connectivity index (χ1) is 9.13. The average molecular weight is 266 g/mol. The third kappa shape index (κ3) is 4.48. The van der Waals surface area contributed by atoms with E-state index in [1.807, 2.05) is 13.1 Å². The standard InChI is InChI=1S/C15H26N2O2/c1-6-16-13(10-18-4)7-8-14-12(3)15(19-5)11(2)9-17-14/h9,13,16H,6-8,10H2,1-5H3. The summed E-state index contributed by atoms with van der Waals surface area (Å²) >= 11 is 0. The van der Waals surface area contributed by atoms with Crippen molar-refractivity contribution in [2.75, 3.05) is 27.4 Å². The summed E-state index contributed by atoms with van der Waals surface area (Å²) in [7, 11) is 3.45. The van der Waals surface area contributed by atoms with Crippen molar-refractivity contribution in [3.8, 4) is 5.75 Å². The Kier molecular flexibility index (Phi) is 6.81. The van der Waals surface area contributed by atoms with E-state index in [0.29, 0.717) is 6.04 Å². The number of rotatable bonds is 8. The lowest BCUT2D eigenvalue weighted by molar-refractivity contribution is 0.163.